The van der Waals surface area contributed by atoms with Crippen LogP contribution in [0.5, 0.6) is 0 Å². The average Bonchev–Trinajstić information content (AvgIpc) is 2.76. The molecule has 2 rings (SSSR count). The number of nitrogens with one attached hydrogen (secondary N) is 1. The molecule has 1 aliphatic heterocycles. The van der Waals surface area contributed by atoms with Crippen LogP contribution in [0.3, 0.4) is 0 Å². The lowest BCUT2D eigenvalue weighted by Gasteiger charge is -2.22. The van der Waals surface area contributed by atoms with Crippen LogP contribution >= 0.6 is 23.0 Å². The van der Waals surface area contributed by atoms with Crippen LogP contribution in [0.15, 0.2) is 21.9 Å². The molecule has 122 valence electrons. The molecule has 9 nitrogen and oxygen atoms in total. The largest absolute Gasteiger partial charge is 0.457 e. The SMILES string of the molecule is COC1C(OC(C)=O)[C@H](COI)O[C@@H]1n1ccc(=O)[nH]c1=O. The van der Waals surface area contributed by atoms with Gasteiger partial charge >= 0.3 is 11.7 Å². The van der Waals surface area contributed by atoms with Crippen molar-refractivity contribution in [1.82, 2.24) is 9.55 Å². The second-order valence-electron chi connectivity index (χ2n) is 4.63. The van der Waals surface area contributed by atoms with Gasteiger partial charge in [0.1, 0.15) is 35.2 Å². The van der Waals surface area contributed by atoms with Gasteiger partial charge in [-0.3, -0.25) is 19.1 Å². The van der Waals surface area contributed by atoms with Crippen LogP contribution in [0, 0.1) is 0 Å². The fourth-order valence-corrected chi connectivity index (χ4v) is 2.70. The van der Waals surface area contributed by atoms with Crippen LogP contribution in [0.25, 0.3) is 0 Å². The molecular weight excluding hydrogens is 411 g/mol. The minimum absolute atomic E-state index is 0.146. The van der Waals surface area contributed by atoms with Gasteiger partial charge in [0.15, 0.2) is 12.3 Å². The number of halogens is 1. The molecule has 0 aliphatic carbocycles. The summed E-state index contributed by atoms with van der Waals surface area (Å²) in [7, 11) is 1.42. The number of nitrogens with zero attached hydrogens (tertiary/aromatic N) is 1. The molecule has 1 aromatic rings. The normalized spacial score (nSPS) is 27.8. The first-order chi connectivity index (χ1) is 10.5. The van der Waals surface area contributed by atoms with Gasteiger partial charge in [-0.05, 0) is 0 Å². The molecule has 0 bridgehead atoms. The number of aromatic nitrogens is 2. The third-order valence-electron chi connectivity index (χ3n) is 3.21. The Morgan fingerprint density at radius 2 is 2.18 bits per heavy atom. The van der Waals surface area contributed by atoms with Crippen molar-refractivity contribution in [3.63, 3.8) is 0 Å². The van der Waals surface area contributed by atoms with E-state index in [0.717, 1.165) is 0 Å². The molecule has 1 aromatic heterocycles. The first-order valence-corrected chi connectivity index (χ1v) is 7.26. The molecule has 10 heteroatoms. The van der Waals surface area contributed by atoms with E-state index in [0.29, 0.717) is 0 Å². The first-order valence-electron chi connectivity index (χ1n) is 6.38. The first kappa shape index (κ1) is 17.1. The molecule has 4 atom stereocenters. The Bertz CT molecular complexity index is 643. The highest BCUT2D eigenvalue weighted by molar-refractivity contribution is 14.1. The second kappa shape index (κ2) is 7.35. The summed E-state index contributed by atoms with van der Waals surface area (Å²) in [5, 5.41) is 0. The van der Waals surface area contributed by atoms with Crippen molar-refractivity contribution in [3.05, 3.63) is 33.1 Å². The van der Waals surface area contributed by atoms with Crippen molar-refractivity contribution < 1.29 is 22.1 Å². The van der Waals surface area contributed by atoms with Crippen molar-refractivity contribution >= 4 is 29.0 Å². The molecule has 1 aliphatic rings. The van der Waals surface area contributed by atoms with Gasteiger partial charge in [0.05, 0.1) is 6.61 Å². The maximum Gasteiger partial charge on any atom is 0.330 e. The molecule has 0 aromatic carbocycles. The van der Waals surface area contributed by atoms with E-state index in [1.165, 1.54) is 30.9 Å². The highest BCUT2D eigenvalue weighted by atomic mass is 127. The van der Waals surface area contributed by atoms with Crippen LogP contribution in [0.2, 0.25) is 0 Å². The van der Waals surface area contributed by atoms with E-state index in [2.05, 4.69) is 4.98 Å². The molecule has 1 fully saturated rings. The monoisotopic (exact) mass is 426 g/mol. The molecule has 0 saturated carbocycles. The van der Waals surface area contributed by atoms with Gasteiger partial charge in [-0.25, -0.2) is 4.79 Å². The molecule has 1 saturated heterocycles. The van der Waals surface area contributed by atoms with Crippen LogP contribution in [0.4, 0.5) is 0 Å². The lowest BCUT2D eigenvalue weighted by molar-refractivity contribution is -0.154. The maximum absolute atomic E-state index is 11.9. The number of H-pyrrole nitrogens is 1. The third kappa shape index (κ3) is 3.56. The number of carbonyl (C=O) groups is 1. The molecular formula is C12H15IN2O7. The molecule has 0 amide bonds. The zero-order valence-corrected chi connectivity index (χ0v) is 14.0. The molecule has 0 spiro atoms. The Labute approximate surface area is 139 Å². The van der Waals surface area contributed by atoms with Gasteiger partial charge in [0.25, 0.3) is 5.56 Å². The summed E-state index contributed by atoms with van der Waals surface area (Å²) in [5.74, 6) is -0.497. The molecule has 22 heavy (non-hydrogen) atoms. The van der Waals surface area contributed by atoms with Gasteiger partial charge in [0.2, 0.25) is 0 Å². The summed E-state index contributed by atoms with van der Waals surface area (Å²) < 4.78 is 22.5. The minimum Gasteiger partial charge on any atom is -0.457 e. The van der Waals surface area contributed by atoms with Crippen LogP contribution < -0.4 is 11.2 Å². The number of rotatable bonds is 5. The number of hydrogen-bond acceptors (Lipinski definition) is 7. The zero-order chi connectivity index (χ0) is 16.3. The highest BCUT2D eigenvalue weighted by Gasteiger charge is 2.48. The van der Waals surface area contributed by atoms with E-state index >= 15 is 0 Å². The number of esters is 1. The maximum atomic E-state index is 11.9. The van der Waals surface area contributed by atoms with Gasteiger partial charge in [-0.2, -0.15) is 0 Å². The van der Waals surface area contributed by atoms with Crippen molar-refractivity contribution in [2.75, 3.05) is 13.7 Å². The van der Waals surface area contributed by atoms with Crippen molar-refractivity contribution in [3.8, 4) is 0 Å². The number of aromatic amines is 1. The van der Waals surface area contributed by atoms with Gasteiger partial charge < -0.3 is 17.3 Å². The second-order valence-corrected chi connectivity index (χ2v) is 5.26. The predicted molar refractivity (Wildman–Crippen MR) is 81.6 cm³/mol. The lowest BCUT2D eigenvalue weighted by atomic mass is 10.1. The van der Waals surface area contributed by atoms with Crippen LogP contribution in [-0.4, -0.2) is 47.5 Å². The predicted octanol–water partition coefficient (Wildman–Crippen LogP) is -0.253. The van der Waals surface area contributed by atoms with E-state index in [-0.39, 0.29) is 6.61 Å². The summed E-state index contributed by atoms with van der Waals surface area (Å²) in [6, 6.07) is 1.19. The molecule has 0 radical (unpaired) electrons. The van der Waals surface area contributed by atoms with E-state index in [1.54, 1.807) is 23.0 Å². The van der Waals surface area contributed by atoms with Crippen LogP contribution in [0.1, 0.15) is 13.2 Å². The van der Waals surface area contributed by atoms with Crippen molar-refractivity contribution in [1.29, 1.82) is 0 Å². The number of hydrogen-bond donors (Lipinski definition) is 1. The molecule has 2 unspecified atom stereocenters. The highest BCUT2D eigenvalue weighted by Crippen LogP contribution is 2.33. The van der Waals surface area contributed by atoms with Gasteiger partial charge in [0, 0.05) is 26.3 Å². The Kier molecular flexibility index (Phi) is 5.72. The van der Waals surface area contributed by atoms with Gasteiger partial charge in [-0.1, -0.05) is 0 Å². The fourth-order valence-electron chi connectivity index (χ4n) is 2.34. The molecule has 2 heterocycles. The standard InChI is InChI=1S/C12H15IN2O7/c1-6(16)21-9-7(5-20-13)22-11(10(9)19-2)15-4-3-8(17)14-12(15)18/h3-4,7,9-11H,5H2,1-2H3,(H,14,17,18)/t7-,9?,10?,11-/m0/s1. The van der Waals surface area contributed by atoms with Crippen molar-refractivity contribution in [2.45, 2.75) is 31.5 Å². The summed E-state index contributed by atoms with van der Waals surface area (Å²) in [6.45, 7) is 1.42. The summed E-state index contributed by atoms with van der Waals surface area (Å²) in [4.78, 5) is 36.5. The smallest absolute Gasteiger partial charge is 0.330 e. The lowest BCUT2D eigenvalue weighted by Crippen LogP contribution is -2.40. The number of ether oxygens (including phenoxy) is 3. The zero-order valence-electron chi connectivity index (χ0n) is 11.9. The van der Waals surface area contributed by atoms with E-state index < -0.39 is 41.8 Å². The Hall–Kier alpha value is -1.24. The van der Waals surface area contributed by atoms with E-state index in [1.807, 2.05) is 0 Å². The Balaban J connectivity index is 2.36. The van der Waals surface area contributed by atoms with E-state index in [4.69, 9.17) is 17.3 Å². The summed E-state index contributed by atoms with van der Waals surface area (Å²) in [6.07, 6.45) is -1.61. The number of carbonyl (C=O) groups excluding carboxylic acids is 1. The van der Waals surface area contributed by atoms with Crippen molar-refractivity contribution in [2.24, 2.45) is 0 Å². The van der Waals surface area contributed by atoms with Gasteiger partial charge in [-0.15, -0.1) is 0 Å². The van der Waals surface area contributed by atoms with E-state index in [9.17, 15) is 14.4 Å². The quantitative estimate of drug-likeness (QED) is 0.511. The minimum atomic E-state index is -0.852. The number of methoxy groups -OCH3 is 1. The summed E-state index contributed by atoms with van der Waals surface area (Å²) >= 11 is 1.70. The fraction of sp³-hybridized carbons (Fsp3) is 0.583. The molecule has 1 N–H and O–H groups in total. The Morgan fingerprint density at radius 1 is 1.45 bits per heavy atom. The average molecular weight is 426 g/mol. The summed E-state index contributed by atoms with van der Waals surface area (Å²) in [5.41, 5.74) is -1.16. The Morgan fingerprint density at radius 3 is 2.73 bits per heavy atom. The third-order valence-corrected chi connectivity index (χ3v) is 3.57. The van der Waals surface area contributed by atoms with Crippen LogP contribution in [-0.2, 0) is 22.1 Å². The topological polar surface area (TPSA) is 109 Å².